The van der Waals surface area contributed by atoms with Gasteiger partial charge in [0.1, 0.15) is 5.82 Å². The maximum atomic E-state index is 13.6. The molecule has 5 heteroatoms. The van der Waals surface area contributed by atoms with Crippen LogP contribution in [0.5, 0.6) is 0 Å². The van der Waals surface area contributed by atoms with E-state index in [-0.39, 0.29) is 13.0 Å². The Bertz CT molecular complexity index is 441. The van der Waals surface area contributed by atoms with Crippen molar-refractivity contribution < 1.29 is 19.0 Å². The Morgan fingerprint density at radius 1 is 1.59 bits per heavy atom. The van der Waals surface area contributed by atoms with Gasteiger partial charge in [-0.05, 0) is 36.6 Å². The summed E-state index contributed by atoms with van der Waals surface area (Å²) in [5.74, 6) is -1.38. The van der Waals surface area contributed by atoms with E-state index in [9.17, 15) is 14.3 Å². The quantitative estimate of drug-likeness (QED) is 0.906. The summed E-state index contributed by atoms with van der Waals surface area (Å²) in [5.41, 5.74) is -0.698. The molecule has 1 aliphatic rings. The maximum Gasteiger partial charge on any atom is 0.312 e. The minimum absolute atomic E-state index is 0.106. The van der Waals surface area contributed by atoms with Crippen LogP contribution in [0.25, 0.3) is 0 Å². The lowest BCUT2D eigenvalue weighted by Crippen LogP contribution is -2.34. The van der Waals surface area contributed by atoms with Gasteiger partial charge in [0, 0.05) is 11.6 Å². The van der Waals surface area contributed by atoms with Gasteiger partial charge in [0.05, 0.1) is 12.0 Å². The molecular weight excluding hydrogens is 247 g/mol. The maximum absolute atomic E-state index is 13.6. The number of hydrogen-bond donors (Lipinski definition) is 1. The van der Waals surface area contributed by atoms with E-state index in [1.165, 1.54) is 18.2 Å². The van der Waals surface area contributed by atoms with Crippen LogP contribution in [0.4, 0.5) is 4.39 Å². The molecular formula is C12H12ClFO3. The lowest BCUT2D eigenvalue weighted by molar-refractivity contribution is -0.148. The standard InChI is InChI=1S/C12H12ClFO3/c13-9-1-2-10(14)8(5-9)6-12(11(15)16)3-4-17-7-12/h1-2,5H,3-4,6-7H2,(H,15,16). The highest BCUT2D eigenvalue weighted by Crippen LogP contribution is 2.34. The smallest absolute Gasteiger partial charge is 0.312 e. The molecule has 0 aliphatic carbocycles. The van der Waals surface area contributed by atoms with Crippen molar-refractivity contribution >= 4 is 17.6 Å². The summed E-state index contributed by atoms with van der Waals surface area (Å²) in [6.45, 7) is 0.517. The summed E-state index contributed by atoms with van der Waals surface area (Å²) in [5, 5.41) is 9.65. The largest absolute Gasteiger partial charge is 0.481 e. The summed E-state index contributed by atoms with van der Waals surface area (Å²) in [4.78, 5) is 11.3. The first kappa shape index (κ1) is 12.3. The Morgan fingerprint density at radius 2 is 2.35 bits per heavy atom. The van der Waals surface area contributed by atoms with Crippen molar-refractivity contribution in [3.8, 4) is 0 Å². The molecule has 0 amide bonds. The summed E-state index contributed by atoms with van der Waals surface area (Å²) < 4.78 is 18.7. The number of ether oxygens (including phenoxy) is 1. The first-order valence-corrected chi connectivity index (χ1v) is 5.66. The second-order valence-electron chi connectivity index (χ2n) is 4.30. The SMILES string of the molecule is O=C(O)C1(Cc2cc(Cl)ccc2F)CCOC1. The molecule has 0 spiro atoms. The van der Waals surface area contributed by atoms with Gasteiger partial charge in [-0.15, -0.1) is 0 Å². The third-order valence-electron chi connectivity index (χ3n) is 3.09. The number of carbonyl (C=O) groups is 1. The van der Waals surface area contributed by atoms with Gasteiger partial charge >= 0.3 is 5.97 Å². The lowest BCUT2D eigenvalue weighted by atomic mass is 9.81. The van der Waals surface area contributed by atoms with Crippen molar-refractivity contribution in [1.82, 2.24) is 0 Å². The van der Waals surface area contributed by atoms with Crippen LogP contribution < -0.4 is 0 Å². The second-order valence-corrected chi connectivity index (χ2v) is 4.74. The van der Waals surface area contributed by atoms with Crippen molar-refractivity contribution in [2.45, 2.75) is 12.8 Å². The zero-order valence-electron chi connectivity index (χ0n) is 9.08. The van der Waals surface area contributed by atoms with Gasteiger partial charge in [-0.2, -0.15) is 0 Å². The van der Waals surface area contributed by atoms with Crippen LogP contribution in [0, 0.1) is 11.2 Å². The zero-order valence-corrected chi connectivity index (χ0v) is 9.84. The van der Waals surface area contributed by atoms with Gasteiger partial charge < -0.3 is 9.84 Å². The predicted octanol–water partition coefficient (Wildman–Crippen LogP) is 2.51. The van der Waals surface area contributed by atoms with E-state index in [1.54, 1.807) is 0 Å². The fourth-order valence-electron chi connectivity index (χ4n) is 2.03. The molecule has 17 heavy (non-hydrogen) atoms. The van der Waals surface area contributed by atoms with E-state index in [1.807, 2.05) is 0 Å². The molecule has 1 aliphatic heterocycles. The molecule has 1 N–H and O–H groups in total. The average molecular weight is 259 g/mol. The van der Waals surface area contributed by atoms with E-state index in [0.717, 1.165) is 0 Å². The summed E-state index contributed by atoms with van der Waals surface area (Å²) >= 11 is 5.78. The lowest BCUT2D eigenvalue weighted by Gasteiger charge is -2.22. The first-order valence-electron chi connectivity index (χ1n) is 5.29. The van der Waals surface area contributed by atoms with E-state index in [0.29, 0.717) is 23.6 Å². The first-order chi connectivity index (χ1) is 8.03. The van der Waals surface area contributed by atoms with E-state index in [4.69, 9.17) is 16.3 Å². The van der Waals surface area contributed by atoms with Crippen molar-refractivity contribution in [2.24, 2.45) is 5.41 Å². The van der Waals surface area contributed by atoms with Gasteiger partial charge in [0.25, 0.3) is 0 Å². The van der Waals surface area contributed by atoms with Gasteiger partial charge in [-0.25, -0.2) is 4.39 Å². The number of halogens is 2. The van der Waals surface area contributed by atoms with Crippen molar-refractivity contribution in [3.63, 3.8) is 0 Å². The molecule has 1 aromatic carbocycles. The number of carboxylic acid groups (broad SMARTS) is 1. The molecule has 92 valence electrons. The summed E-state index contributed by atoms with van der Waals surface area (Å²) in [6, 6.07) is 4.17. The Balaban J connectivity index is 2.29. The molecule has 0 bridgehead atoms. The number of rotatable bonds is 3. The predicted molar refractivity (Wildman–Crippen MR) is 60.6 cm³/mol. The molecule has 1 unspecified atom stereocenters. The van der Waals surface area contributed by atoms with Gasteiger partial charge in [0.15, 0.2) is 0 Å². The summed E-state index contributed by atoms with van der Waals surface area (Å²) in [7, 11) is 0. The number of benzene rings is 1. The number of aliphatic carboxylic acids is 1. The Kier molecular flexibility index (Phi) is 3.35. The topological polar surface area (TPSA) is 46.5 Å². The van der Waals surface area contributed by atoms with Crippen molar-refractivity contribution in [3.05, 3.63) is 34.6 Å². The van der Waals surface area contributed by atoms with Crippen LogP contribution >= 0.6 is 11.6 Å². The van der Waals surface area contributed by atoms with Crippen LogP contribution in [0.3, 0.4) is 0 Å². The third-order valence-corrected chi connectivity index (χ3v) is 3.33. The van der Waals surface area contributed by atoms with Crippen molar-refractivity contribution in [1.29, 1.82) is 0 Å². The Labute approximate surface area is 103 Å². The van der Waals surface area contributed by atoms with Crippen LogP contribution in [0.1, 0.15) is 12.0 Å². The van der Waals surface area contributed by atoms with Crippen LogP contribution in [-0.2, 0) is 16.0 Å². The summed E-state index contributed by atoms with van der Waals surface area (Å²) in [6.07, 6.45) is 0.503. The molecule has 1 aromatic rings. The highest BCUT2D eigenvalue weighted by Gasteiger charge is 2.43. The normalized spacial score (nSPS) is 23.9. The Hall–Kier alpha value is -1.13. The van der Waals surface area contributed by atoms with E-state index in [2.05, 4.69) is 0 Å². The highest BCUT2D eigenvalue weighted by atomic mass is 35.5. The molecule has 1 heterocycles. The minimum atomic E-state index is -1.02. The van der Waals surface area contributed by atoms with E-state index >= 15 is 0 Å². The Morgan fingerprint density at radius 3 is 2.94 bits per heavy atom. The van der Waals surface area contributed by atoms with Crippen LogP contribution in [0.2, 0.25) is 5.02 Å². The second kappa shape index (κ2) is 4.63. The van der Waals surface area contributed by atoms with Gasteiger partial charge in [-0.3, -0.25) is 4.79 Å². The van der Waals surface area contributed by atoms with Gasteiger partial charge in [-0.1, -0.05) is 11.6 Å². The average Bonchev–Trinajstić information content (AvgIpc) is 2.73. The molecule has 0 radical (unpaired) electrons. The number of carboxylic acids is 1. The zero-order chi connectivity index (χ0) is 12.5. The van der Waals surface area contributed by atoms with Gasteiger partial charge in [0.2, 0.25) is 0 Å². The van der Waals surface area contributed by atoms with E-state index < -0.39 is 17.2 Å². The highest BCUT2D eigenvalue weighted by molar-refractivity contribution is 6.30. The minimum Gasteiger partial charge on any atom is -0.481 e. The molecule has 1 saturated heterocycles. The third kappa shape index (κ3) is 2.42. The molecule has 2 rings (SSSR count). The van der Waals surface area contributed by atoms with Crippen LogP contribution in [0.15, 0.2) is 18.2 Å². The molecule has 1 fully saturated rings. The molecule has 0 saturated carbocycles. The van der Waals surface area contributed by atoms with Crippen LogP contribution in [-0.4, -0.2) is 24.3 Å². The fraction of sp³-hybridized carbons (Fsp3) is 0.417. The molecule has 0 aromatic heterocycles. The fourth-order valence-corrected chi connectivity index (χ4v) is 2.23. The van der Waals surface area contributed by atoms with Crippen molar-refractivity contribution in [2.75, 3.05) is 13.2 Å². The molecule has 3 nitrogen and oxygen atoms in total. The number of hydrogen-bond acceptors (Lipinski definition) is 2. The monoisotopic (exact) mass is 258 g/mol. The molecule has 1 atom stereocenters.